The predicted molar refractivity (Wildman–Crippen MR) is 125 cm³/mol. The Bertz CT molecular complexity index is 1140. The Labute approximate surface area is 195 Å². The van der Waals surface area contributed by atoms with Crippen molar-refractivity contribution in [1.82, 2.24) is 5.32 Å². The Morgan fingerprint density at radius 2 is 1.62 bits per heavy atom. The molecule has 2 amide bonds. The zero-order chi connectivity index (χ0) is 24.7. The molecule has 3 aromatic rings. The van der Waals surface area contributed by atoms with Crippen LogP contribution in [0.25, 0.3) is 11.1 Å². The van der Waals surface area contributed by atoms with Gasteiger partial charge in [-0.15, -0.1) is 0 Å². The lowest BCUT2D eigenvalue weighted by Gasteiger charge is -2.14. The Kier molecular flexibility index (Phi) is 7.94. The fraction of sp³-hybridized carbons (Fsp3) is 0.231. The molecule has 8 heteroatoms. The number of carbonyl (C=O) groups is 2. The summed E-state index contributed by atoms with van der Waals surface area (Å²) in [7, 11) is 1.31. The maximum atomic E-state index is 13.0. The predicted octanol–water partition coefficient (Wildman–Crippen LogP) is 6.22. The van der Waals surface area contributed by atoms with Crippen LogP contribution < -0.4 is 10.6 Å². The molecule has 0 aromatic heterocycles. The average Bonchev–Trinajstić information content (AvgIpc) is 2.82. The van der Waals surface area contributed by atoms with Crippen molar-refractivity contribution in [3.05, 3.63) is 89.0 Å². The van der Waals surface area contributed by atoms with Crippen molar-refractivity contribution in [1.29, 1.82) is 0 Å². The highest BCUT2D eigenvalue weighted by Crippen LogP contribution is 2.33. The van der Waals surface area contributed by atoms with Crippen molar-refractivity contribution in [3.8, 4) is 11.1 Å². The van der Waals surface area contributed by atoms with Crippen LogP contribution in [0.4, 0.5) is 23.7 Å². The molecule has 0 spiro atoms. The monoisotopic (exact) mass is 470 g/mol. The van der Waals surface area contributed by atoms with Crippen LogP contribution in [0.2, 0.25) is 0 Å². The molecule has 178 valence electrons. The minimum Gasteiger partial charge on any atom is -0.453 e. The molecule has 0 bridgehead atoms. The third kappa shape index (κ3) is 6.37. The molecule has 0 unspecified atom stereocenters. The van der Waals surface area contributed by atoms with E-state index in [1.165, 1.54) is 19.2 Å². The van der Waals surface area contributed by atoms with E-state index in [0.717, 1.165) is 36.1 Å². The van der Waals surface area contributed by atoms with Gasteiger partial charge in [0, 0.05) is 17.8 Å². The van der Waals surface area contributed by atoms with Gasteiger partial charge in [-0.2, -0.15) is 13.2 Å². The van der Waals surface area contributed by atoms with E-state index in [-0.39, 0.29) is 5.91 Å². The highest BCUT2D eigenvalue weighted by molar-refractivity contribution is 6.09. The second-order valence-corrected chi connectivity index (χ2v) is 7.75. The Morgan fingerprint density at radius 1 is 0.941 bits per heavy atom. The third-order valence-electron chi connectivity index (χ3n) is 5.33. The number of ether oxygens (including phenoxy) is 1. The average molecular weight is 470 g/mol. The van der Waals surface area contributed by atoms with Gasteiger partial charge in [-0.1, -0.05) is 36.4 Å². The molecule has 0 aliphatic carbocycles. The maximum absolute atomic E-state index is 13.0. The van der Waals surface area contributed by atoms with Crippen molar-refractivity contribution in [2.45, 2.75) is 25.9 Å². The van der Waals surface area contributed by atoms with Crippen LogP contribution in [-0.2, 0) is 17.3 Å². The topological polar surface area (TPSA) is 67.4 Å². The molecule has 0 saturated heterocycles. The summed E-state index contributed by atoms with van der Waals surface area (Å²) in [6.07, 6.45) is -3.41. The van der Waals surface area contributed by atoms with E-state index in [4.69, 9.17) is 0 Å². The van der Waals surface area contributed by atoms with Gasteiger partial charge in [0.15, 0.2) is 0 Å². The fourth-order valence-electron chi connectivity index (χ4n) is 3.57. The molecule has 2 N–H and O–H groups in total. The van der Waals surface area contributed by atoms with Gasteiger partial charge in [0.2, 0.25) is 0 Å². The van der Waals surface area contributed by atoms with Gasteiger partial charge in [0.25, 0.3) is 5.91 Å². The zero-order valence-electron chi connectivity index (χ0n) is 18.8. The van der Waals surface area contributed by atoms with Crippen LogP contribution in [0.5, 0.6) is 0 Å². The number of hydrogen-bond acceptors (Lipinski definition) is 3. The van der Waals surface area contributed by atoms with Gasteiger partial charge >= 0.3 is 12.3 Å². The largest absolute Gasteiger partial charge is 0.453 e. The third-order valence-corrected chi connectivity index (χ3v) is 5.33. The first kappa shape index (κ1) is 24.8. The molecule has 3 aromatic carbocycles. The number of nitrogens with one attached hydrogen (secondary N) is 2. The van der Waals surface area contributed by atoms with E-state index < -0.39 is 17.8 Å². The van der Waals surface area contributed by atoms with Gasteiger partial charge in [-0.05, 0) is 72.4 Å². The molecule has 0 radical (unpaired) electrons. The number of aryl methyl sites for hydroxylation is 2. The van der Waals surface area contributed by atoms with E-state index >= 15 is 0 Å². The van der Waals surface area contributed by atoms with E-state index in [1.54, 1.807) is 24.3 Å². The molecule has 3 rings (SSSR count). The Balaban J connectivity index is 1.71. The minimum atomic E-state index is -4.42. The summed E-state index contributed by atoms with van der Waals surface area (Å²) in [5, 5.41) is 5.47. The molecule has 5 nitrogen and oxygen atoms in total. The number of rotatable bonds is 7. The normalized spacial score (nSPS) is 11.1. The van der Waals surface area contributed by atoms with E-state index in [2.05, 4.69) is 15.4 Å². The number of carbonyl (C=O) groups excluding carboxylic acids is 2. The van der Waals surface area contributed by atoms with Crippen LogP contribution in [-0.4, -0.2) is 25.7 Å². The highest BCUT2D eigenvalue weighted by Gasteiger charge is 2.30. The molecule has 0 atom stereocenters. The van der Waals surface area contributed by atoms with E-state index in [1.807, 2.05) is 25.1 Å². The molecule has 0 aliphatic heterocycles. The zero-order valence-corrected chi connectivity index (χ0v) is 18.8. The van der Waals surface area contributed by atoms with Crippen molar-refractivity contribution in [2.75, 3.05) is 19.0 Å². The van der Waals surface area contributed by atoms with Crippen LogP contribution in [0.15, 0.2) is 66.7 Å². The molecule has 0 heterocycles. The van der Waals surface area contributed by atoms with Crippen molar-refractivity contribution >= 4 is 17.7 Å². The Hall–Kier alpha value is -3.81. The summed E-state index contributed by atoms with van der Waals surface area (Å²) < 4.78 is 43.3. The van der Waals surface area contributed by atoms with Crippen molar-refractivity contribution < 1.29 is 27.5 Å². The Morgan fingerprint density at radius 3 is 2.24 bits per heavy atom. The molecular weight excluding hydrogens is 445 g/mol. The SMILES string of the molecule is COC(=O)NCCCc1ccc(NC(=O)c2cccc(C)c2-c2ccc(C(F)(F)F)cc2)cc1. The molecular formula is C26H25F3N2O3. The standard InChI is InChI=1S/C26H25F3N2O3/c1-17-5-3-7-22(23(17)19-10-12-20(13-11-19)26(27,28)29)24(32)31-21-14-8-18(9-15-21)6-4-16-30-25(33)34-2/h3,5,7-15H,4,6,16H2,1-2H3,(H,30,33)(H,31,32). The number of methoxy groups -OCH3 is 1. The second kappa shape index (κ2) is 10.9. The first-order valence-electron chi connectivity index (χ1n) is 10.7. The first-order chi connectivity index (χ1) is 16.2. The fourth-order valence-corrected chi connectivity index (χ4v) is 3.57. The highest BCUT2D eigenvalue weighted by atomic mass is 19.4. The van der Waals surface area contributed by atoms with Crippen LogP contribution in [0.1, 0.15) is 33.5 Å². The van der Waals surface area contributed by atoms with E-state index in [0.29, 0.717) is 28.9 Å². The number of benzene rings is 3. The molecule has 34 heavy (non-hydrogen) atoms. The lowest BCUT2D eigenvalue weighted by Crippen LogP contribution is -2.24. The maximum Gasteiger partial charge on any atom is 0.416 e. The number of amides is 2. The van der Waals surface area contributed by atoms with Gasteiger partial charge in [-0.25, -0.2) is 4.79 Å². The molecule has 0 aliphatic rings. The number of halogens is 3. The first-order valence-corrected chi connectivity index (χ1v) is 10.7. The lowest BCUT2D eigenvalue weighted by atomic mass is 9.94. The van der Waals surface area contributed by atoms with Crippen LogP contribution >= 0.6 is 0 Å². The number of alkyl halides is 3. The summed E-state index contributed by atoms with van der Waals surface area (Å²) in [5.74, 6) is -0.353. The quantitative estimate of drug-likeness (QED) is 0.403. The lowest BCUT2D eigenvalue weighted by molar-refractivity contribution is -0.137. The molecule has 0 fully saturated rings. The summed E-state index contributed by atoms with van der Waals surface area (Å²) >= 11 is 0. The van der Waals surface area contributed by atoms with Gasteiger partial charge in [0.1, 0.15) is 0 Å². The summed E-state index contributed by atoms with van der Waals surface area (Å²) in [6.45, 7) is 2.30. The van der Waals surface area contributed by atoms with Gasteiger partial charge in [0.05, 0.1) is 12.7 Å². The van der Waals surface area contributed by atoms with Crippen LogP contribution in [0.3, 0.4) is 0 Å². The number of anilines is 1. The number of alkyl carbamates (subject to hydrolysis) is 1. The van der Waals surface area contributed by atoms with Gasteiger partial charge < -0.3 is 15.4 Å². The van der Waals surface area contributed by atoms with Gasteiger partial charge in [-0.3, -0.25) is 4.79 Å². The summed E-state index contributed by atoms with van der Waals surface area (Å²) in [4.78, 5) is 24.1. The van der Waals surface area contributed by atoms with Crippen molar-refractivity contribution in [2.24, 2.45) is 0 Å². The van der Waals surface area contributed by atoms with E-state index in [9.17, 15) is 22.8 Å². The minimum absolute atomic E-state index is 0.353. The summed E-state index contributed by atoms with van der Waals surface area (Å²) in [6, 6.07) is 17.4. The van der Waals surface area contributed by atoms with Crippen molar-refractivity contribution in [3.63, 3.8) is 0 Å². The second-order valence-electron chi connectivity index (χ2n) is 7.75. The summed E-state index contributed by atoms with van der Waals surface area (Å²) in [5.41, 5.74) is 3.18. The smallest absolute Gasteiger partial charge is 0.416 e. The van der Waals surface area contributed by atoms with Crippen LogP contribution in [0, 0.1) is 6.92 Å². The number of hydrogen-bond donors (Lipinski definition) is 2. The molecule has 0 saturated carbocycles.